The summed E-state index contributed by atoms with van der Waals surface area (Å²) in [4.78, 5) is 23.7. The van der Waals surface area contributed by atoms with E-state index in [1.807, 2.05) is 37.4 Å². The van der Waals surface area contributed by atoms with Gasteiger partial charge in [-0.15, -0.1) is 0 Å². The van der Waals surface area contributed by atoms with Crippen molar-refractivity contribution >= 4 is 23.5 Å². The molecule has 0 bridgehead atoms. The predicted octanol–water partition coefficient (Wildman–Crippen LogP) is 4.34. The topological polar surface area (TPSA) is 99.0 Å². The van der Waals surface area contributed by atoms with Gasteiger partial charge in [-0.25, -0.2) is 9.97 Å². The molecule has 0 radical (unpaired) electrons. The first kappa shape index (κ1) is 26.8. The van der Waals surface area contributed by atoms with E-state index in [9.17, 15) is 4.79 Å². The molecule has 4 rings (SSSR count). The number of methoxy groups -OCH3 is 3. The Kier molecular flexibility index (Phi) is 9.29. The highest BCUT2D eigenvalue weighted by molar-refractivity contribution is 7.98. The molecular weight excluding hydrogens is 492 g/mol. The van der Waals surface area contributed by atoms with Gasteiger partial charge in [0.05, 0.1) is 32.3 Å². The lowest BCUT2D eigenvalue weighted by atomic mass is 10.1. The number of benzene rings is 1. The lowest BCUT2D eigenvalue weighted by Crippen LogP contribution is -2.24. The number of ether oxygens (including phenoxy) is 3. The number of likely N-dealkylation sites (N-methyl/N-ethyl adjacent to an activating group) is 1. The van der Waals surface area contributed by atoms with Crippen LogP contribution < -0.4 is 19.7 Å². The molecular formula is C27H34N4O5S. The highest BCUT2D eigenvalue weighted by Crippen LogP contribution is 2.29. The summed E-state index contributed by atoms with van der Waals surface area (Å²) in [7, 11) is 6.92. The second-order valence-electron chi connectivity index (χ2n) is 9.00. The molecule has 10 heteroatoms. The van der Waals surface area contributed by atoms with E-state index < -0.39 is 0 Å². The molecule has 1 amide bonds. The third kappa shape index (κ3) is 7.62. The van der Waals surface area contributed by atoms with E-state index in [2.05, 4.69) is 15.2 Å². The van der Waals surface area contributed by atoms with Crippen LogP contribution in [0.2, 0.25) is 0 Å². The maximum Gasteiger partial charge on any atom is 0.287 e. The smallest absolute Gasteiger partial charge is 0.287 e. The molecule has 0 saturated heterocycles. The molecule has 1 fully saturated rings. The van der Waals surface area contributed by atoms with E-state index in [-0.39, 0.29) is 5.91 Å². The van der Waals surface area contributed by atoms with Gasteiger partial charge in [0, 0.05) is 33.3 Å². The van der Waals surface area contributed by atoms with Gasteiger partial charge < -0.3 is 28.8 Å². The summed E-state index contributed by atoms with van der Waals surface area (Å²) in [5.41, 5.74) is 1.94. The second-order valence-corrected chi connectivity index (χ2v) is 9.94. The lowest BCUT2D eigenvalue weighted by Gasteiger charge is -2.20. The highest BCUT2D eigenvalue weighted by atomic mass is 32.2. The number of hydrogen-bond donors (Lipinski definition) is 1. The molecule has 2 heterocycles. The number of nitrogens with one attached hydrogen (secondary N) is 1. The Hall–Kier alpha value is -3.24. The van der Waals surface area contributed by atoms with E-state index in [1.165, 1.54) is 24.6 Å². The van der Waals surface area contributed by atoms with E-state index in [0.717, 1.165) is 30.0 Å². The summed E-state index contributed by atoms with van der Waals surface area (Å²) in [6, 6.07) is 11.4. The third-order valence-corrected chi connectivity index (χ3v) is 6.96. The van der Waals surface area contributed by atoms with Crippen molar-refractivity contribution < 1.29 is 23.4 Å². The number of rotatable bonds is 14. The van der Waals surface area contributed by atoms with Crippen LogP contribution in [-0.2, 0) is 23.5 Å². The van der Waals surface area contributed by atoms with E-state index in [4.69, 9.17) is 23.6 Å². The van der Waals surface area contributed by atoms with Crippen LogP contribution >= 0.6 is 11.8 Å². The number of thioether (sulfide) groups is 1. The summed E-state index contributed by atoms with van der Waals surface area (Å²) in [6.07, 6.45) is 3.19. The van der Waals surface area contributed by atoms with Gasteiger partial charge in [0.1, 0.15) is 11.6 Å². The zero-order chi connectivity index (χ0) is 26.2. The van der Waals surface area contributed by atoms with Crippen LogP contribution in [0.4, 0.5) is 5.82 Å². The largest absolute Gasteiger partial charge is 0.493 e. The Bertz CT molecular complexity index is 1200. The van der Waals surface area contributed by atoms with Gasteiger partial charge >= 0.3 is 0 Å². The molecule has 2 aromatic heterocycles. The minimum atomic E-state index is -0.167. The number of carbonyl (C=O) groups excluding carboxylic acids is 1. The number of furan rings is 1. The molecule has 1 aliphatic rings. The first-order valence-corrected chi connectivity index (χ1v) is 13.3. The predicted molar refractivity (Wildman–Crippen MR) is 143 cm³/mol. The van der Waals surface area contributed by atoms with Gasteiger partial charge in [0.15, 0.2) is 22.4 Å². The van der Waals surface area contributed by atoms with Crippen molar-refractivity contribution in [1.29, 1.82) is 0 Å². The zero-order valence-electron chi connectivity index (χ0n) is 21.8. The fraction of sp³-hybridized carbons (Fsp3) is 0.444. The van der Waals surface area contributed by atoms with Crippen LogP contribution in [0.25, 0.3) is 0 Å². The Balaban J connectivity index is 1.38. The molecule has 3 aromatic rings. The van der Waals surface area contributed by atoms with Crippen molar-refractivity contribution in [3.63, 3.8) is 0 Å². The number of carbonyl (C=O) groups is 1. The maximum atomic E-state index is 12.3. The molecule has 0 atom stereocenters. The summed E-state index contributed by atoms with van der Waals surface area (Å²) in [6.45, 7) is 1.85. The molecule has 37 heavy (non-hydrogen) atoms. The molecule has 1 saturated carbocycles. The SMILES string of the molecule is COCc1cc(N(C)CCc2ccc(OC)c(OC)c2)nc(SCc2ccc(C(=O)NCC3CC3)o2)n1. The van der Waals surface area contributed by atoms with Crippen LogP contribution in [0.1, 0.15) is 40.4 Å². The van der Waals surface area contributed by atoms with Crippen molar-refractivity contribution in [1.82, 2.24) is 15.3 Å². The van der Waals surface area contributed by atoms with Crippen molar-refractivity contribution in [2.24, 2.45) is 5.92 Å². The van der Waals surface area contributed by atoms with Gasteiger partial charge in [-0.3, -0.25) is 4.79 Å². The summed E-state index contributed by atoms with van der Waals surface area (Å²) in [5, 5.41) is 3.55. The number of amides is 1. The number of anilines is 1. The van der Waals surface area contributed by atoms with Crippen molar-refractivity contribution in [2.75, 3.05) is 46.4 Å². The molecule has 0 aliphatic heterocycles. The third-order valence-electron chi connectivity index (χ3n) is 6.09. The minimum absolute atomic E-state index is 0.167. The van der Waals surface area contributed by atoms with Gasteiger partial charge in [-0.1, -0.05) is 17.8 Å². The molecule has 0 unspecified atom stereocenters. The quantitative estimate of drug-likeness (QED) is 0.243. The fourth-order valence-corrected chi connectivity index (χ4v) is 4.51. The van der Waals surface area contributed by atoms with E-state index in [1.54, 1.807) is 27.4 Å². The van der Waals surface area contributed by atoms with Crippen molar-refractivity contribution in [3.8, 4) is 11.5 Å². The Morgan fingerprint density at radius 1 is 1.11 bits per heavy atom. The molecule has 198 valence electrons. The van der Waals surface area contributed by atoms with Crippen molar-refractivity contribution in [3.05, 3.63) is 59.2 Å². The monoisotopic (exact) mass is 526 g/mol. The first-order valence-electron chi connectivity index (χ1n) is 12.3. The number of nitrogens with zero attached hydrogens (tertiary/aromatic N) is 3. The normalized spacial score (nSPS) is 12.9. The van der Waals surface area contributed by atoms with Crippen LogP contribution in [-0.4, -0.2) is 57.3 Å². The zero-order valence-corrected chi connectivity index (χ0v) is 22.6. The second kappa shape index (κ2) is 12.8. The van der Waals surface area contributed by atoms with E-state index in [0.29, 0.717) is 53.0 Å². The van der Waals surface area contributed by atoms with Gasteiger partial charge in [0.25, 0.3) is 5.91 Å². The molecule has 1 aliphatic carbocycles. The fourth-order valence-electron chi connectivity index (χ4n) is 3.75. The summed E-state index contributed by atoms with van der Waals surface area (Å²) in [5.74, 6) is 4.24. The Labute approximate surface area is 221 Å². The first-order chi connectivity index (χ1) is 18.0. The Morgan fingerprint density at radius 2 is 1.92 bits per heavy atom. The van der Waals surface area contributed by atoms with Crippen LogP contribution in [0.5, 0.6) is 11.5 Å². The average molecular weight is 527 g/mol. The van der Waals surface area contributed by atoms with Gasteiger partial charge in [-0.05, 0) is 55.0 Å². The van der Waals surface area contributed by atoms with Crippen LogP contribution in [0, 0.1) is 5.92 Å². The lowest BCUT2D eigenvalue weighted by molar-refractivity contribution is 0.0922. The standard InChI is InChI=1S/C27H34N4O5S/c1-31(12-11-18-7-9-22(34-3)24(13-18)35-4)25-14-20(16-33-2)29-27(30-25)37-17-21-8-10-23(36-21)26(32)28-15-19-5-6-19/h7-10,13-14,19H,5-6,11-12,15-17H2,1-4H3,(H,28,32). The summed E-state index contributed by atoms with van der Waals surface area (Å²) >= 11 is 1.46. The average Bonchev–Trinajstić information content (AvgIpc) is 3.63. The highest BCUT2D eigenvalue weighted by Gasteiger charge is 2.22. The molecule has 1 aromatic carbocycles. The van der Waals surface area contributed by atoms with Gasteiger partial charge in [-0.2, -0.15) is 0 Å². The number of hydrogen-bond acceptors (Lipinski definition) is 9. The molecule has 1 N–H and O–H groups in total. The van der Waals surface area contributed by atoms with Gasteiger partial charge in [0.2, 0.25) is 0 Å². The van der Waals surface area contributed by atoms with Crippen LogP contribution in [0.15, 0.2) is 46.0 Å². The number of aromatic nitrogens is 2. The van der Waals surface area contributed by atoms with Crippen LogP contribution in [0.3, 0.4) is 0 Å². The van der Waals surface area contributed by atoms with Crippen molar-refractivity contribution in [2.45, 2.75) is 36.8 Å². The Morgan fingerprint density at radius 3 is 2.65 bits per heavy atom. The molecule has 9 nitrogen and oxygen atoms in total. The minimum Gasteiger partial charge on any atom is -0.493 e. The van der Waals surface area contributed by atoms with E-state index >= 15 is 0 Å². The maximum absolute atomic E-state index is 12.3. The molecule has 0 spiro atoms. The summed E-state index contributed by atoms with van der Waals surface area (Å²) < 4.78 is 21.8.